The van der Waals surface area contributed by atoms with Crippen LogP contribution in [0.4, 0.5) is 0 Å². The van der Waals surface area contributed by atoms with Crippen LogP contribution in [0.2, 0.25) is 0 Å². The Kier molecular flexibility index (Phi) is 4.98. The van der Waals surface area contributed by atoms with Gasteiger partial charge >= 0.3 is 0 Å². The molecule has 2 heterocycles. The van der Waals surface area contributed by atoms with Crippen molar-refractivity contribution >= 4 is 10.0 Å². The maximum Gasteiger partial charge on any atom is 0.246 e. The van der Waals surface area contributed by atoms with Crippen LogP contribution in [0.5, 0.6) is 0 Å². The van der Waals surface area contributed by atoms with Crippen molar-refractivity contribution in [2.75, 3.05) is 13.1 Å². The molecule has 0 aliphatic carbocycles. The second-order valence-electron chi connectivity index (χ2n) is 7.95. The normalized spacial score (nSPS) is 22.5. The van der Waals surface area contributed by atoms with Crippen molar-refractivity contribution < 1.29 is 13.2 Å². The van der Waals surface area contributed by atoms with Crippen LogP contribution in [-0.4, -0.2) is 47.8 Å². The third kappa shape index (κ3) is 3.70. The Labute approximate surface area is 155 Å². The van der Waals surface area contributed by atoms with Crippen molar-refractivity contribution in [1.29, 1.82) is 0 Å². The molecule has 1 saturated heterocycles. The first-order valence-corrected chi connectivity index (χ1v) is 10.3. The van der Waals surface area contributed by atoms with E-state index in [0.717, 1.165) is 5.69 Å². The highest BCUT2D eigenvalue weighted by atomic mass is 32.2. The standard InChI is InChI=1S/C19H27N3O3S/c1-14-11-21(12-15(2)25-14)26(23,24)17-13-22(16-9-7-6-8-10-16)20-18(17)19(3,4)5/h6-10,13-15H,11-12H2,1-5H3. The van der Waals surface area contributed by atoms with Gasteiger partial charge < -0.3 is 4.74 Å². The fourth-order valence-corrected chi connectivity index (χ4v) is 5.16. The van der Waals surface area contributed by atoms with Crippen molar-refractivity contribution in [3.8, 4) is 5.69 Å². The molecule has 0 spiro atoms. The van der Waals surface area contributed by atoms with Gasteiger partial charge in [-0.2, -0.15) is 9.40 Å². The van der Waals surface area contributed by atoms with Crippen LogP contribution in [-0.2, 0) is 20.2 Å². The number of para-hydroxylation sites is 1. The zero-order valence-corrected chi connectivity index (χ0v) is 16.8. The third-order valence-electron chi connectivity index (χ3n) is 4.42. The molecule has 1 fully saturated rings. The molecule has 0 amide bonds. The number of hydrogen-bond acceptors (Lipinski definition) is 4. The molecule has 1 aromatic carbocycles. The van der Waals surface area contributed by atoms with Gasteiger partial charge in [0.05, 0.1) is 29.8 Å². The molecule has 0 bridgehead atoms. The third-order valence-corrected chi connectivity index (χ3v) is 6.25. The van der Waals surface area contributed by atoms with Gasteiger partial charge in [-0.3, -0.25) is 0 Å². The van der Waals surface area contributed by atoms with Crippen LogP contribution in [0.15, 0.2) is 41.4 Å². The van der Waals surface area contributed by atoms with Crippen LogP contribution in [0.1, 0.15) is 40.3 Å². The van der Waals surface area contributed by atoms with Crippen LogP contribution in [0.25, 0.3) is 5.69 Å². The van der Waals surface area contributed by atoms with Gasteiger partial charge in [0.15, 0.2) is 0 Å². The minimum absolute atomic E-state index is 0.129. The van der Waals surface area contributed by atoms with E-state index in [1.165, 1.54) is 4.31 Å². The molecule has 1 aliphatic heterocycles. The van der Waals surface area contributed by atoms with E-state index in [2.05, 4.69) is 5.10 Å². The summed E-state index contributed by atoms with van der Waals surface area (Å²) in [6, 6.07) is 9.57. The molecule has 3 rings (SSSR count). The van der Waals surface area contributed by atoms with E-state index in [1.807, 2.05) is 65.0 Å². The van der Waals surface area contributed by atoms with Crippen molar-refractivity contribution in [2.24, 2.45) is 0 Å². The smallest absolute Gasteiger partial charge is 0.246 e. The van der Waals surface area contributed by atoms with E-state index in [0.29, 0.717) is 18.8 Å². The maximum atomic E-state index is 13.4. The molecule has 142 valence electrons. The summed E-state index contributed by atoms with van der Waals surface area (Å²) in [5.41, 5.74) is 1.02. The molecular formula is C19H27N3O3S. The first-order valence-electron chi connectivity index (χ1n) is 8.90. The predicted molar refractivity (Wildman–Crippen MR) is 101 cm³/mol. The molecule has 0 N–H and O–H groups in total. The molecule has 26 heavy (non-hydrogen) atoms. The second-order valence-corrected chi connectivity index (χ2v) is 9.86. The minimum Gasteiger partial charge on any atom is -0.373 e. The Balaban J connectivity index is 2.09. The number of benzene rings is 1. The van der Waals surface area contributed by atoms with E-state index >= 15 is 0 Å². The Morgan fingerprint density at radius 1 is 1.08 bits per heavy atom. The van der Waals surface area contributed by atoms with Crippen LogP contribution in [0, 0.1) is 0 Å². The highest BCUT2D eigenvalue weighted by Crippen LogP contribution is 2.31. The van der Waals surface area contributed by atoms with Gasteiger partial charge in [0, 0.05) is 18.5 Å². The molecule has 2 aromatic rings. The molecule has 1 aliphatic rings. The number of ether oxygens (including phenoxy) is 1. The number of morpholine rings is 1. The number of rotatable bonds is 3. The lowest BCUT2D eigenvalue weighted by Gasteiger charge is -2.34. The summed E-state index contributed by atoms with van der Waals surface area (Å²) in [5.74, 6) is 0. The van der Waals surface area contributed by atoms with Gasteiger partial charge in [0.2, 0.25) is 10.0 Å². The van der Waals surface area contributed by atoms with Crippen molar-refractivity contribution in [2.45, 2.75) is 57.1 Å². The lowest BCUT2D eigenvalue weighted by molar-refractivity contribution is -0.0441. The molecule has 0 saturated carbocycles. The zero-order valence-electron chi connectivity index (χ0n) is 16.0. The van der Waals surface area contributed by atoms with E-state index in [-0.39, 0.29) is 17.1 Å². The van der Waals surface area contributed by atoms with Gasteiger partial charge in [-0.05, 0) is 26.0 Å². The maximum absolute atomic E-state index is 13.4. The van der Waals surface area contributed by atoms with Crippen molar-refractivity contribution in [3.63, 3.8) is 0 Å². The summed E-state index contributed by atoms with van der Waals surface area (Å²) in [4.78, 5) is 0.273. The molecule has 7 heteroatoms. The fraction of sp³-hybridized carbons (Fsp3) is 0.526. The summed E-state index contributed by atoms with van der Waals surface area (Å²) >= 11 is 0. The van der Waals surface area contributed by atoms with Crippen molar-refractivity contribution in [1.82, 2.24) is 14.1 Å². The predicted octanol–water partition coefficient (Wildman–Crippen LogP) is 2.97. The van der Waals surface area contributed by atoms with E-state index in [9.17, 15) is 8.42 Å². The molecule has 6 nitrogen and oxygen atoms in total. The second kappa shape index (κ2) is 6.79. The summed E-state index contributed by atoms with van der Waals surface area (Å²) in [7, 11) is -3.66. The van der Waals surface area contributed by atoms with E-state index in [4.69, 9.17) is 4.74 Å². The lowest BCUT2D eigenvalue weighted by Crippen LogP contribution is -2.48. The fourth-order valence-electron chi connectivity index (χ4n) is 3.25. The van der Waals surface area contributed by atoms with Crippen molar-refractivity contribution in [3.05, 3.63) is 42.2 Å². The van der Waals surface area contributed by atoms with Gasteiger partial charge in [-0.25, -0.2) is 13.1 Å². The quantitative estimate of drug-likeness (QED) is 0.825. The van der Waals surface area contributed by atoms with Gasteiger partial charge in [-0.1, -0.05) is 39.0 Å². The highest BCUT2D eigenvalue weighted by molar-refractivity contribution is 7.89. The molecule has 2 unspecified atom stereocenters. The topological polar surface area (TPSA) is 64.4 Å². The zero-order chi connectivity index (χ0) is 19.1. The summed E-state index contributed by atoms with van der Waals surface area (Å²) in [6.07, 6.45) is 1.38. The first kappa shape index (κ1) is 19.1. The Hall–Kier alpha value is -1.70. The number of hydrogen-bond donors (Lipinski definition) is 0. The van der Waals surface area contributed by atoms with Crippen LogP contribution in [0.3, 0.4) is 0 Å². The summed E-state index contributed by atoms with van der Waals surface area (Å²) < 4.78 is 35.7. The molecule has 0 radical (unpaired) electrons. The van der Waals surface area contributed by atoms with Gasteiger partial charge in [0.1, 0.15) is 4.90 Å². The average molecular weight is 378 g/mol. The molecule has 2 atom stereocenters. The van der Waals surface area contributed by atoms with E-state index < -0.39 is 15.4 Å². The Morgan fingerprint density at radius 3 is 2.19 bits per heavy atom. The minimum atomic E-state index is -3.66. The number of nitrogens with zero attached hydrogens (tertiary/aromatic N) is 3. The molecular weight excluding hydrogens is 350 g/mol. The summed E-state index contributed by atoms with van der Waals surface area (Å²) in [5, 5.41) is 4.63. The first-order chi connectivity index (χ1) is 12.1. The molecule has 1 aromatic heterocycles. The van der Waals surface area contributed by atoms with Crippen LogP contribution < -0.4 is 0 Å². The Bertz CT molecular complexity index is 859. The van der Waals surface area contributed by atoms with E-state index in [1.54, 1.807) is 10.9 Å². The number of aromatic nitrogens is 2. The average Bonchev–Trinajstić information content (AvgIpc) is 3.01. The van der Waals surface area contributed by atoms with Gasteiger partial charge in [-0.15, -0.1) is 0 Å². The highest BCUT2D eigenvalue weighted by Gasteiger charge is 2.37. The van der Waals surface area contributed by atoms with Gasteiger partial charge in [0.25, 0.3) is 0 Å². The summed E-state index contributed by atoms with van der Waals surface area (Å²) in [6.45, 7) is 10.4. The SMILES string of the molecule is CC1CN(S(=O)(=O)c2cn(-c3ccccc3)nc2C(C)(C)C)CC(C)O1. The largest absolute Gasteiger partial charge is 0.373 e. The van der Waals surface area contributed by atoms with Crippen LogP contribution >= 0.6 is 0 Å². The lowest BCUT2D eigenvalue weighted by atomic mass is 9.92. The monoisotopic (exact) mass is 377 g/mol. The number of sulfonamides is 1. The Morgan fingerprint density at radius 2 is 1.65 bits per heavy atom.